The van der Waals surface area contributed by atoms with Crippen molar-refractivity contribution >= 4 is 5.91 Å². The van der Waals surface area contributed by atoms with E-state index in [9.17, 15) is 4.79 Å². The molecule has 0 fully saturated rings. The second kappa shape index (κ2) is 7.62. The van der Waals surface area contributed by atoms with E-state index in [0.29, 0.717) is 13.2 Å². The first-order chi connectivity index (χ1) is 6.97. The normalized spacial score (nSPS) is 12.9. The zero-order chi connectivity index (χ0) is 11.8. The average molecular weight is 218 g/mol. The van der Waals surface area contributed by atoms with Crippen molar-refractivity contribution < 1.29 is 14.3 Å². The number of hydrogen-bond acceptors (Lipinski definition) is 4. The summed E-state index contributed by atoms with van der Waals surface area (Å²) in [5.41, 5.74) is 5.72. The number of carbonyl (C=O) groups excluding carboxylic acids is 1. The predicted molar refractivity (Wildman–Crippen MR) is 58.6 cm³/mol. The number of amides is 1. The molecule has 0 aliphatic heterocycles. The Morgan fingerprint density at radius 2 is 2.07 bits per heavy atom. The van der Waals surface area contributed by atoms with Crippen LogP contribution in [0.25, 0.3) is 0 Å². The third-order valence-corrected chi connectivity index (χ3v) is 1.86. The fourth-order valence-corrected chi connectivity index (χ4v) is 1.07. The molecule has 0 aromatic heterocycles. The average Bonchev–Trinajstić information content (AvgIpc) is 2.14. The first kappa shape index (κ1) is 14.3. The Bertz CT molecular complexity index is 186. The number of rotatable bonds is 7. The van der Waals surface area contributed by atoms with E-state index in [4.69, 9.17) is 15.2 Å². The molecule has 15 heavy (non-hydrogen) atoms. The zero-order valence-corrected chi connectivity index (χ0v) is 10.0. The molecule has 0 heterocycles. The lowest BCUT2D eigenvalue weighted by Gasteiger charge is -2.21. The molecule has 0 saturated carbocycles. The molecule has 0 aromatic rings. The maximum Gasteiger partial charge on any atom is 0.248 e. The summed E-state index contributed by atoms with van der Waals surface area (Å²) in [6.45, 7) is 4.82. The first-order valence-electron chi connectivity index (χ1n) is 5.07. The summed E-state index contributed by atoms with van der Waals surface area (Å²) in [6, 6.07) is -0.150. The molecule has 1 amide bonds. The van der Waals surface area contributed by atoms with Gasteiger partial charge in [-0.25, -0.2) is 0 Å². The van der Waals surface area contributed by atoms with Gasteiger partial charge in [-0.05, 0) is 13.8 Å². The number of likely N-dealkylation sites (N-methyl/N-ethyl adjacent to an activating group) is 1. The van der Waals surface area contributed by atoms with Gasteiger partial charge in [0.2, 0.25) is 5.91 Å². The second-order valence-electron chi connectivity index (χ2n) is 3.85. The smallest absolute Gasteiger partial charge is 0.248 e. The molecule has 1 atom stereocenters. The van der Waals surface area contributed by atoms with Gasteiger partial charge >= 0.3 is 0 Å². The van der Waals surface area contributed by atoms with Crippen LogP contribution in [0.4, 0.5) is 0 Å². The Kier molecular flexibility index (Phi) is 7.29. The Morgan fingerprint density at radius 3 is 2.53 bits per heavy atom. The lowest BCUT2D eigenvalue weighted by Crippen LogP contribution is -2.42. The Hall–Kier alpha value is -0.650. The Balaban J connectivity index is 3.78. The lowest BCUT2D eigenvalue weighted by atomic mass is 10.3. The molecule has 0 radical (unpaired) electrons. The molecule has 0 aliphatic rings. The van der Waals surface area contributed by atoms with Gasteiger partial charge in [0.05, 0.1) is 12.7 Å². The molecule has 0 bridgehead atoms. The van der Waals surface area contributed by atoms with E-state index in [2.05, 4.69) is 0 Å². The highest BCUT2D eigenvalue weighted by Crippen LogP contribution is 1.93. The van der Waals surface area contributed by atoms with Gasteiger partial charge in [-0.2, -0.15) is 0 Å². The maximum atomic E-state index is 11.5. The molecule has 0 aliphatic carbocycles. The van der Waals surface area contributed by atoms with Gasteiger partial charge in [0, 0.05) is 26.7 Å². The van der Waals surface area contributed by atoms with Crippen LogP contribution in [0, 0.1) is 0 Å². The van der Waals surface area contributed by atoms with Crippen molar-refractivity contribution in [2.75, 3.05) is 33.9 Å². The van der Waals surface area contributed by atoms with Gasteiger partial charge in [-0.15, -0.1) is 0 Å². The fraction of sp³-hybridized carbons (Fsp3) is 0.900. The lowest BCUT2D eigenvalue weighted by molar-refractivity contribution is -0.136. The molecular weight excluding hydrogens is 196 g/mol. The Labute approximate surface area is 91.5 Å². The standard InChI is InChI=1S/C10H22N2O3/c1-8(2)15-7-10(13)12(3)5-9(11)6-14-4/h8-9H,5-7,11H2,1-4H3. The van der Waals surface area contributed by atoms with Crippen LogP contribution in [-0.2, 0) is 14.3 Å². The molecule has 2 N–H and O–H groups in total. The number of hydrogen-bond donors (Lipinski definition) is 1. The minimum Gasteiger partial charge on any atom is -0.383 e. The summed E-state index contributed by atoms with van der Waals surface area (Å²) < 4.78 is 10.1. The quantitative estimate of drug-likeness (QED) is 0.645. The maximum absolute atomic E-state index is 11.5. The van der Waals surface area contributed by atoms with E-state index < -0.39 is 0 Å². The van der Waals surface area contributed by atoms with Crippen LogP contribution in [0.3, 0.4) is 0 Å². The highest BCUT2D eigenvalue weighted by molar-refractivity contribution is 5.77. The fourth-order valence-electron chi connectivity index (χ4n) is 1.07. The molecular formula is C10H22N2O3. The van der Waals surface area contributed by atoms with Gasteiger partial charge < -0.3 is 20.1 Å². The van der Waals surface area contributed by atoms with Gasteiger partial charge in [0.15, 0.2) is 0 Å². The van der Waals surface area contributed by atoms with Gasteiger partial charge in [0.25, 0.3) is 0 Å². The van der Waals surface area contributed by atoms with Crippen molar-refractivity contribution in [1.29, 1.82) is 0 Å². The molecule has 0 rings (SSSR count). The first-order valence-corrected chi connectivity index (χ1v) is 5.07. The number of ether oxygens (including phenoxy) is 2. The van der Waals surface area contributed by atoms with E-state index in [1.165, 1.54) is 0 Å². The van der Waals surface area contributed by atoms with Crippen molar-refractivity contribution in [2.24, 2.45) is 5.73 Å². The molecule has 5 heteroatoms. The molecule has 90 valence electrons. The largest absolute Gasteiger partial charge is 0.383 e. The van der Waals surface area contributed by atoms with Crippen molar-refractivity contribution in [2.45, 2.75) is 26.0 Å². The molecule has 0 spiro atoms. The monoisotopic (exact) mass is 218 g/mol. The third kappa shape index (κ3) is 7.30. The van der Waals surface area contributed by atoms with Crippen LogP contribution in [0.2, 0.25) is 0 Å². The van der Waals surface area contributed by atoms with Crippen LogP contribution >= 0.6 is 0 Å². The van der Waals surface area contributed by atoms with Crippen molar-refractivity contribution in [3.05, 3.63) is 0 Å². The molecule has 0 saturated heterocycles. The van der Waals surface area contributed by atoms with Gasteiger partial charge in [-0.3, -0.25) is 4.79 Å². The van der Waals surface area contributed by atoms with Crippen LogP contribution in [0.15, 0.2) is 0 Å². The second-order valence-corrected chi connectivity index (χ2v) is 3.85. The van der Waals surface area contributed by atoms with Crippen LogP contribution < -0.4 is 5.73 Å². The number of carbonyl (C=O) groups is 1. The number of methoxy groups -OCH3 is 1. The summed E-state index contributed by atoms with van der Waals surface area (Å²) in [4.78, 5) is 13.1. The minimum absolute atomic E-state index is 0.0600. The van der Waals surface area contributed by atoms with Crippen LogP contribution in [-0.4, -0.2) is 56.9 Å². The summed E-state index contributed by atoms with van der Waals surface area (Å²) in [6.07, 6.45) is 0.0648. The van der Waals surface area contributed by atoms with Gasteiger partial charge in [0.1, 0.15) is 6.61 Å². The van der Waals surface area contributed by atoms with Gasteiger partial charge in [-0.1, -0.05) is 0 Å². The van der Waals surface area contributed by atoms with Crippen molar-refractivity contribution in [1.82, 2.24) is 4.90 Å². The summed E-state index contributed by atoms with van der Waals surface area (Å²) >= 11 is 0. The Morgan fingerprint density at radius 1 is 1.47 bits per heavy atom. The zero-order valence-electron chi connectivity index (χ0n) is 10.0. The highest BCUT2D eigenvalue weighted by atomic mass is 16.5. The van der Waals surface area contributed by atoms with E-state index >= 15 is 0 Å². The van der Waals surface area contributed by atoms with E-state index in [1.54, 1.807) is 19.1 Å². The molecule has 5 nitrogen and oxygen atoms in total. The topological polar surface area (TPSA) is 64.8 Å². The van der Waals surface area contributed by atoms with E-state index in [1.807, 2.05) is 13.8 Å². The van der Waals surface area contributed by atoms with E-state index in [-0.39, 0.29) is 24.7 Å². The summed E-state index contributed by atoms with van der Waals surface area (Å²) in [5, 5.41) is 0. The third-order valence-electron chi connectivity index (χ3n) is 1.86. The molecule has 1 unspecified atom stereocenters. The highest BCUT2D eigenvalue weighted by Gasteiger charge is 2.13. The van der Waals surface area contributed by atoms with Crippen molar-refractivity contribution in [3.8, 4) is 0 Å². The minimum atomic E-state index is -0.150. The molecule has 0 aromatic carbocycles. The number of nitrogens with two attached hydrogens (primary N) is 1. The summed E-state index contributed by atoms with van der Waals surface area (Å²) in [5.74, 6) is -0.0600. The van der Waals surface area contributed by atoms with Crippen LogP contribution in [0.5, 0.6) is 0 Å². The van der Waals surface area contributed by atoms with Crippen LogP contribution in [0.1, 0.15) is 13.8 Å². The SMILES string of the molecule is COCC(N)CN(C)C(=O)COC(C)C. The van der Waals surface area contributed by atoms with Crippen molar-refractivity contribution in [3.63, 3.8) is 0 Å². The van der Waals surface area contributed by atoms with E-state index in [0.717, 1.165) is 0 Å². The number of nitrogens with zero attached hydrogens (tertiary/aromatic N) is 1. The summed E-state index contributed by atoms with van der Waals surface area (Å²) in [7, 11) is 3.30. The predicted octanol–water partition coefficient (Wildman–Crippen LogP) is -0.156.